The van der Waals surface area contributed by atoms with E-state index in [1.54, 1.807) is 24.3 Å². The largest absolute Gasteiger partial charge is 0.457 e. The standard InChI is InChI=1S/C25H25N3O7S2/c1-2-9-34-24(32)21-16(13-35-25(33)26-17-7-5-15(12-29)6-8-17)14-37-23-20(22(31)28(21)23)27-19(30)11-18-4-3-10-36-18/h2-8,10,20,23,29H,1,9,11-14H2,(H,26,33)(H,27,30)/t20-,23-/m1/s1. The molecular weight excluding hydrogens is 518 g/mol. The highest BCUT2D eigenvalue weighted by molar-refractivity contribution is 8.00. The Morgan fingerprint density at radius 3 is 2.65 bits per heavy atom. The third-order valence-corrected chi connectivity index (χ3v) is 7.78. The summed E-state index contributed by atoms with van der Waals surface area (Å²) < 4.78 is 10.5. The minimum Gasteiger partial charge on any atom is -0.457 e. The van der Waals surface area contributed by atoms with Gasteiger partial charge in [-0.05, 0) is 29.1 Å². The van der Waals surface area contributed by atoms with Crippen molar-refractivity contribution in [2.24, 2.45) is 0 Å². The predicted molar refractivity (Wildman–Crippen MR) is 139 cm³/mol. The van der Waals surface area contributed by atoms with E-state index in [1.165, 1.54) is 34.1 Å². The number of nitrogens with zero attached hydrogens (tertiary/aromatic N) is 1. The van der Waals surface area contributed by atoms with Crippen LogP contribution in [0.25, 0.3) is 0 Å². The number of anilines is 1. The van der Waals surface area contributed by atoms with Gasteiger partial charge >= 0.3 is 12.1 Å². The van der Waals surface area contributed by atoms with E-state index >= 15 is 0 Å². The monoisotopic (exact) mass is 543 g/mol. The van der Waals surface area contributed by atoms with Crippen LogP contribution < -0.4 is 10.6 Å². The van der Waals surface area contributed by atoms with Crippen LogP contribution in [0.15, 0.2) is 65.7 Å². The molecule has 0 bridgehead atoms. The van der Waals surface area contributed by atoms with Crippen molar-refractivity contribution in [3.8, 4) is 0 Å². The summed E-state index contributed by atoms with van der Waals surface area (Å²) in [6.45, 7) is 3.12. The summed E-state index contributed by atoms with van der Waals surface area (Å²) in [5, 5.41) is 15.9. The van der Waals surface area contributed by atoms with E-state index in [0.29, 0.717) is 22.6 Å². The number of β-lactam (4-membered cyclic amide) rings is 1. The summed E-state index contributed by atoms with van der Waals surface area (Å²) in [5.41, 5.74) is 1.59. The van der Waals surface area contributed by atoms with Crippen LogP contribution in [0.1, 0.15) is 10.4 Å². The van der Waals surface area contributed by atoms with Gasteiger partial charge in [-0.2, -0.15) is 0 Å². The Kier molecular flexibility index (Phi) is 8.64. The van der Waals surface area contributed by atoms with E-state index in [4.69, 9.17) is 14.6 Å². The highest BCUT2D eigenvalue weighted by Crippen LogP contribution is 2.40. The average Bonchev–Trinajstić information content (AvgIpc) is 3.42. The molecule has 10 nitrogen and oxygen atoms in total. The topological polar surface area (TPSA) is 134 Å². The third kappa shape index (κ3) is 6.21. The number of carbonyl (C=O) groups is 4. The molecule has 2 aromatic rings. The van der Waals surface area contributed by atoms with Gasteiger partial charge in [-0.25, -0.2) is 9.59 Å². The molecule has 1 fully saturated rings. The van der Waals surface area contributed by atoms with Gasteiger partial charge in [0, 0.05) is 21.9 Å². The molecule has 0 spiro atoms. The van der Waals surface area contributed by atoms with Crippen LogP contribution in [0.2, 0.25) is 0 Å². The molecule has 0 saturated carbocycles. The maximum absolute atomic E-state index is 13.0. The number of esters is 1. The number of ether oxygens (including phenoxy) is 2. The molecule has 0 radical (unpaired) electrons. The van der Waals surface area contributed by atoms with E-state index in [0.717, 1.165) is 4.88 Å². The van der Waals surface area contributed by atoms with Crippen molar-refractivity contribution >= 4 is 52.7 Å². The van der Waals surface area contributed by atoms with Crippen molar-refractivity contribution in [1.82, 2.24) is 10.2 Å². The highest BCUT2D eigenvalue weighted by atomic mass is 32.2. The van der Waals surface area contributed by atoms with E-state index in [-0.39, 0.29) is 37.8 Å². The van der Waals surface area contributed by atoms with Gasteiger partial charge in [-0.3, -0.25) is 19.8 Å². The van der Waals surface area contributed by atoms with Crippen molar-refractivity contribution in [3.63, 3.8) is 0 Å². The number of fused-ring (bicyclic) bond motifs is 1. The lowest BCUT2D eigenvalue weighted by atomic mass is 10.0. The fourth-order valence-electron chi connectivity index (χ4n) is 3.78. The molecule has 194 valence electrons. The number of thioether (sulfide) groups is 1. The van der Waals surface area contributed by atoms with Crippen molar-refractivity contribution in [2.45, 2.75) is 24.4 Å². The zero-order valence-corrected chi connectivity index (χ0v) is 21.3. The number of nitrogens with one attached hydrogen (secondary N) is 2. The smallest absolute Gasteiger partial charge is 0.411 e. The van der Waals surface area contributed by atoms with Gasteiger partial charge in [0.2, 0.25) is 5.91 Å². The number of carbonyl (C=O) groups excluding carboxylic acids is 4. The number of hydrogen-bond acceptors (Lipinski definition) is 9. The van der Waals surface area contributed by atoms with Crippen molar-refractivity contribution in [3.05, 3.63) is 76.1 Å². The lowest BCUT2D eigenvalue weighted by Gasteiger charge is -2.49. The van der Waals surface area contributed by atoms with Gasteiger partial charge in [0.15, 0.2) is 0 Å². The number of rotatable bonds is 10. The average molecular weight is 544 g/mol. The second-order valence-corrected chi connectivity index (χ2v) is 10.2. The maximum atomic E-state index is 13.0. The normalized spacial score (nSPS) is 18.4. The van der Waals surface area contributed by atoms with Gasteiger partial charge in [0.25, 0.3) is 5.91 Å². The molecule has 0 aliphatic carbocycles. The van der Waals surface area contributed by atoms with Gasteiger partial charge in [0.05, 0.1) is 13.0 Å². The van der Waals surface area contributed by atoms with Crippen molar-refractivity contribution in [1.29, 1.82) is 0 Å². The van der Waals surface area contributed by atoms with E-state index in [2.05, 4.69) is 17.2 Å². The summed E-state index contributed by atoms with van der Waals surface area (Å²) in [6, 6.07) is 9.49. The number of aliphatic hydroxyl groups is 1. The van der Waals surface area contributed by atoms with Crippen molar-refractivity contribution < 1.29 is 33.8 Å². The van der Waals surface area contributed by atoms with Crippen LogP contribution in [0.5, 0.6) is 0 Å². The minimum absolute atomic E-state index is 0.0134. The molecule has 3 amide bonds. The molecule has 12 heteroatoms. The highest BCUT2D eigenvalue weighted by Gasteiger charge is 2.54. The predicted octanol–water partition coefficient (Wildman–Crippen LogP) is 2.41. The molecule has 1 saturated heterocycles. The molecule has 4 rings (SSSR count). The first-order valence-corrected chi connectivity index (χ1v) is 13.2. The zero-order chi connectivity index (χ0) is 26.4. The molecule has 2 aliphatic rings. The first kappa shape index (κ1) is 26.5. The first-order valence-electron chi connectivity index (χ1n) is 11.3. The Bertz CT molecular complexity index is 1210. The Morgan fingerprint density at radius 1 is 1.19 bits per heavy atom. The first-order chi connectivity index (χ1) is 17.9. The molecule has 3 N–H and O–H groups in total. The lowest BCUT2D eigenvalue weighted by Crippen LogP contribution is -2.70. The fourth-order valence-corrected chi connectivity index (χ4v) is 5.81. The maximum Gasteiger partial charge on any atom is 0.411 e. The Balaban J connectivity index is 1.42. The van der Waals surface area contributed by atoms with Gasteiger partial charge < -0.3 is 19.9 Å². The second-order valence-electron chi connectivity index (χ2n) is 8.11. The number of hydrogen-bond donors (Lipinski definition) is 3. The molecule has 2 aliphatic heterocycles. The lowest BCUT2D eigenvalue weighted by molar-refractivity contribution is -0.152. The number of amides is 3. The Morgan fingerprint density at radius 2 is 1.97 bits per heavy atom. The van der Waals surface area contributed by atoms with Crippen LogP contribution in [0.4, 0.5) is 10.5 Å². The minimum atomic E-state index is -0.771. The Hall–Kier alpha value is -3.61. The molecule has 1 aromatic carbocycles. The second kappa shape index (κ2) is 12.1. The van der Waals surface area contributed by atoms with Gasteiger partial charge in [0.1, 0.15) is 30.3 Å². The summed E-state index contributed by atoms with van der Waals surface area (Å²) in [6.07, 6.45) is 0.828. The number of aliphatic hydroxyl groups excluding tert-OH is 1. The third-order valence-electron chi connectivity index (χ3n) is 5.56. The van der Waals surface area contributed by atoms with Crippen LogP contribution in [-0.2, 0) is 36.9 Å². The molecular formula is C25H25N3O7S2. The fraction of sp³-hybridized carbons (Fsp3) is 0.280. The Labute approximate surface area is 221 Å². The molecule has 0 unspecified atom stereocenters. The van der Waals surface area contributed by atoms with Crippen LogP contribution >= 0.6 is 23.1 Å². The number of thiophene rings is 1. The molecule has 1 aromatic heterocycles. The number of benzene rings is 1. The van der Waals surface area contributed by atoms with Crippen LogP contribution in [-0.4, -0.2) is 64.3 Å². The van der Waals surface area contributed by atoms with Crippen molar-refractivity contribution in [2.75, 3.05) is 24.3 Å². The SMILES string of the molecule is C=CCOC(=O)C1=C(COC(=O)Nc2ccc(CO)cc2)CS[C@@H]2[C@H](NC(=O)Cc3cccs3)C(=O)N12. The van der Waals surface area contributed by atoms with E-state index in [1.807, 2.05) is 17.5 Å². The summed E-state index contributed by atoms with van der Waals surface area (Å²) in [4.78, 5) is 52.8. The van der Waals surface area contributed by atoms with Crippen LogP contribution in [0, 0.1) is 0 Å². The molecule has 37 heavy (non-hydrogen) atoms. The molecule has 2 atom stereocenters. The van der Waals surface area contributed by atoms with E-state index < -0.39 is 29.4 Å². The molecule has 3 heterocycles. The van der Waals surface area contributed by atoms with E-state index in [9.17, 15) is 19.2 Å². The van der Waals surface area contributed by atoms with Crippen LogP contribution in [0.3, 0.4) is 0 Å². The van der Waals surface area contributed by atoms with Gasteiger partial charge in [-0.15, -0.1) is 23.1 Å². The summed E-state index contributed by atoms with van der Waals surface area (Å²) >= 11 is 2.81. The summed E-state index contributed by atoms with van der Waals surface area (Å²) in [7, 11) is 0. The van der Waals surface area contributed by atoms with Gasteiger partial charge in [-0.1, -0.05) is 30.9 Å². The summed E-state index contributed by atoms with van der Waals surface area (Å²) in [5.74, 6) is -1.16. The quantitative estimate of drug-likeness (QED) is 0.236. The zero-order valence-electron chi connectivity index (χ0n) is 19.7.